The van der Waals surface area contributed by atoms with Gasteiger partial charge in [-0.25, -0.2) is 4.98 Å². The quantitative estimate of drug-likeness (QED) is 0.779. The van der Waals surface area contributed by atoms with Crippen molar-refractivity contribution in [3.63, 3.8) is 0 Å². The minimum Gasteiger partial charge on any atom is -0.355 e. The van der Waals surface area contributed by atoms with E-state index in [1.165, 1.54) is 11.1 Å². The Kier molecular flexibility index (Phi) is 3.29. The third-order valence-electron chi connectivity index (χ3n) is 2.61. The minimum absolute atomic E-state index is 0.120. The second-order valence-electron chi connectivity index (χ2n) is 3.95. The molecule has 0 aliphatic carbocycles. The molecule has 0 aromatic carbocycles. The number of rotatable bonds is 2. The van der Waals surface area contributed by atoms with Crippen molar-refractivity contribution in [2.75, 3.05) is 24.7 Å². The topological polar surface area (TPSA) is 16.1 Å². The maximum Gasteiger partial charge on any atom is 0.419 e. The Balaban J connectivity index is 2.28. The molecule has 0 N–H and O–H groups in total. The third-order valence-corrected chi connectivity index (χ3v) is 3.05. The summed E-state index contributed by atoms with van der Waals surface area (Å²) < 4.78 is 50.8. The van der Waals surface area contributed by atoms with Crippen LogP contribution in [0.5, 0.6) is 0 Å². The number of aromatic nitrogens is 1. The number of alkyl halides is 4. The highest BCUT2D eigenvalue weighted by Gasteiger charge is 2.39. The summed E-state index contributed by atoms with van der Waals surface area (Å²) in [5.74, 6) is -0.299. The van der Waals surface area contributed by atoms with Gasteiger partial charge >= 0.3 is 6.18 Å². The molecule has 0 spiro atoms. The first-order valence-electron chi connectivity index (χ1n) is 4.95. The van der Waals surface area contributed by atoms with Crippen LogP contribution in [0, 0.1) is 5.92 Å². The van der Waals surface area contributed by atoms with Crippen LogP contribution in [-0.2, 0) is 6.18 Å². The minimum atomic E-state index is -4.45. The Bertz CT molecular complexity index is 415. The van der Waals surface area contributed by atoms with Gasteiger partial charge in [0.15, 0.2) is 0 Å². The average molecular weight is 313 g/mol. The van der Waals surface area contributed by atoms with E-state index >= 15 is 0 Å². The Hall–Kier alpha value is -0.850. The third kappa shape index (κ3) is 2.53. The molecule has 1 aliphatic rings. The van der Waals surface area contributed by atoms with Crippen LogP contribution in [0.4, 0.5) is 23.4 Å². The monoisotopic (exact) mass is 312 g/mol. The highest BCUT2D eigenvalue weighted by atomic mass is 79.9. The molecule has 1 aromatic rings. The van der Waals surface area contributed by atoms with Crippen molar-refractivity contribution in [1.29, 1.82) is 0 Å². The van der Waals surface area contributed by atoms with E-state index in [2.05, 4.69) is 20.9 Å². The lowest BCUT2D eigenvalue weighted by Gasteiger charge is -2.39. The fraction of sp³-hybridized carbons (Fsp3) is 0.500. The summed E-state index contributed by atoms with van der Waals surface area (Å²) in [6.45, 7) is 0.0663. The predicted octanol–water partition coefficient (Wildman–Crippen LogP) is 3.27. The summed E-state index contributed by atoms with van der Waals surface area (Å²) in [5.41, 5.74) is -0.788. The Morgan fingerprint density at radius 3 is 2.59 bits per heavy atom. The fourth-order valence-electron chi connectivity index (χ4n) is 1.73. The molecule has 7 heteroatoms. The zero-order chi connectivity index (χ0) is 12.6. The van der Waals surface area contributed by atoms with Gasteiger partial charge in [-0.05, 0) is 22.0 Å². The predicted molar refractivity (Wildman–Crippen MR) is 58.6 cm³/mol. The molecule has 17 heavy (non-hydrogen) atoms. The second kappa shape index (κ2) is 4.44. The van der Waals surface area contributed by atoms with Gasteiger partial charge in [0.25, 0.3) is 0 Å². The zero-order valence-corrected chi connectivity index (χ0v) is 10.2. The summed E-state index contributed by atoms with van der Waals surface area (Å²) in [6.07, 6.45) is -3.14. The normalized spacial score (nSPS) is 17.1. The molecular weight excluding hydrogens is 304 g/mol. The summed E-state index contributed by atoms with van der Waals surface area (Å²) in [7, 11) is 0. The highest BCUT2D eigenvalue weighted by molar-refractivity contribution is 9.10. The van der Waals surface area contributed by atoms with E-state index in [1.807, 2.05) is 0 Å². The Morgan fingerprint density at radius 1 is 1.41 bits per heavy atom. The van der Waals surface area contributed by atoms with Crippen molar-refractivity contribution in [3.8, 4) is 0 Å². The van der Waals surface area contributed by atoms with Gasteiger partial charge in [0.05, 0.1) is 12.2 Å². The van der Waals surface area contributed by atoms with Crippen LogP contribution < -0.4 is 4.90 Å². The number of hydrogen-bond donors (Lipinski definition) is 0. The molecule has 0 atom stereocenters. The summed E-state index contributed by atoms with van der Waals surface area (Å²) in [4.78, 5) is 5.22. The molecular formula is C10H9BrF4N2. The molecule has 1 fully saturated rings. The van der Waals surface area contributed by atoms with E-state index in [9.17, 15) is 17.6 Å². The number of nitrogens with zero attached hydrogens (tertiary/aromatic N) is 2. The molecule has 1 aliphatic heterocycles. The zero-order valence-electron chi connectivity index (χ0n) is 8.64. The van der Waals surface area contributed by atoms with E-state index in [-0.39, 0.29) is 29.3 Å². The molecule has 2 rings (SSSR count). The molecule has 1 aromatic heterocycles. The average Bonchev–Trinajstić information content (AvgIpc) is 2.17. The number of hydrogen-bond acceptors (Lipinski definition) is 2. The van der Waals surface area contributed by atoms with Crippen molar-refractivity contribution in [3.05, 3.63) is 22.3 Å². The molecule has 1 saturated heterocycles. The molecule has 0 bridgehead atoms. The van der Waals surface area contributed by atoms with Crippen molar-refractivity contribution >= 4 is 21.7 Å². The van der Waals surface area contributed by atoms with Crippen molar-refractivity contribution < 1.29 is 17.6 Å². The van der Waals surface area contributed by atoms with Gasteiger partial charge in [-0.1, -0.05) is 0 Å². The lowest BCUT2D eigenvalue weighted by Crippen LogP contribution is -2.48. The van der Waals surface area contributed by atoms with Gasteiger partial charge in [0, 0.05) is 29.7 Å². The summed E-state index contributed by atoms with van der Waals surface area (Å²) >= 11 is 2.96. The summed E-state index contributed by atoms with van der Waals surface area (Å²) in [5, 5.41) is 0. The maximum atomic E-state index is 12.8. The standard InChI is InChI=1S/C10H9BrF4N2/c11-7-1-8(10(13,14)15)9(16-3-7)17-4-6(2-12)5-17/h1,3,6H,2,4-5H2. The SMILES string of the molecule is FCC1CN(c2ncc(Br)cc2C(F)(F)F)C1. The van der Waals surface area contributed by atoms with E-state index in [0.29, 0.717) is 0 Å². The van der Waals surface area contributed by atoms with Crippen LogP contribution in [0.2, 0.25) is 0 Å². The van der Waals surface area contributed by atoms with E-state index < -0.39 is 18.4 Å². The molecule has 0 amide bonds. The van der Waals surface area contributed by atoms with Gasteiger partial charge in [-0.3, -0.25) is 4.39 Å². The van der Waals surface area contributed by atoms with Crippen LogP contribution in [0.3, 0.4) is 0 Å². The Labute approximate surface area is 104 Å². The van der Waals surface area contributed by atoms with E-state index in [0.717, 1.165) is 6.07 Å². The van der Waals surface area contributed by atoms with Crippen LogP contribution in [-0.4, -0.2) is 24.7 Å². The van der Waals surface area contributed by atoms with Crippen LogP contribution in [0.1, 0.15) is 5.56 Å². The lowest BCUT2D eigenvalue weighted by atomic mass is 10.0. The lowest BCUT2D eigenvalue weighted by molar-refractivity contribution is -0.137. The number of halogens is 5. The smallest absolute Gasteiger partial charge is 0.355 e. The molecule has 94 valence electrons. The van der Waals surface area contributed by atoms with Gasteiger partial charge in [0.2, 0.25) is 0 Å². The van der Waals surface area contributed by atoms with Crippen LogP contribution >= 0.6 is 15.9 Å². The van der Waals surface area contributed by atoms with Crippen molar-refractivity contribution in [1.82, 2.24) is 4.98 Å². The maximum absolute atomic E-state index is 12.8. The molecule has 0 radical (unpaired) electrons. The van der Waals surface area contributed by atoms with Crippen LogP contribution in [0.25, 0.3) is 0 Å². The van der Waals surface area contributed by atoms with Gasteiger partial charge in [0.1, 0.15) is 5.82 Å². The van der Waals surface area contributed by atoms with Gasteiger partial charge in [-0.2, -0.15) is 13.2 Å². The second-order valence-corrected chi connectivity index (χ2v) is 4.86. The van der Waals surface area contributed by atoms with Crippen molar-refractivity contribution in [2.45, 2.75) is 6.18 Å². The first-order chi connectivity index (χ1) is 7.91. The number of anilines is 1. The molecule has 2 nitrogen and oxygen atoms in total. The van der Waals surface area contributed by atoms with Crippen LogP contribution in [0.15, 0.2) is 16.7 Å². The van der Waals surface area contributed by atoms with E-state index in [4.69, 9.17) is 0 Å². The van der Waals surface area contributed by atoms with E-state index in [1.54, 1.807) is 0 Å². The number of pyridine rings is 1. The largest absolute Gasteiger partial charge is 0.419 e. The van der Waals surface area contributed by atoms with Gasteiger partial charge < -0.3 is 4.90 Å². The molecule has 0 unspecified atom stereocenters. The first kappa shape index (κ1) is 12.6. The van der Waals surface area contributed by atoms with Gasteiger partial charge in [-0.15, -0.1) is 0 Å². The molecule has 0 saturated carbocycles. The fourth-order valence-corrected chi connectivity index (χ4v) is 2.06. The van der Waals surface area contributed by atoms with Crippen molar-refractivity contribution in [2.24, 2.45) is 5.92 Å². The Morgan fingerprint density at radius 2 is 2.06 bits per heavy atom. The first-order valence-corrected chi connectivity index (χ1v) is 5.74. The highest BCUT2D eigenvalue weighted by Crippen LogP contribution is 2.38. The summed E-state index contributed by atoms with van der Waals surface area (Å²) in [6, 6.07) is 0.991. The molecule has 2 heterocycles.